The maximum Gasteiger partial charge on any atom is 0.385 e. The summed E-state index contributed by atoms with van der Waals surface area (Å²) in [7, 11) is 0. The van der Waals surface area contributed by atoms with Crippen LogP contribution in [0, 0.1) is 5.39 Å². The first-order valence-electron chi connectivity index (χ1n) is 5.30. The van der Waals surface area contributed by atoms with E-state index in [1.165, 1.54) is 0 Å². The normalized spacial score (nSPS) is 9.75. The largest absolute Gasteiger partial charge is 0.385 e. The first-order valence-corrected chi connectivity index (χ1v) is 5.30. The van der Waals surface area contributed by atoms with Crippen LogP contribution in [0.4, 0.5) is 5.69 Å². The molecule has 0 bridgehead atoms. The van der Waals surface area contributed by atoms with Crippen LogP contribution >= 0.6 is 0 Å². The molecule has 1 aromatic heterocycles. The molecule has 0 unspecified atom stereocenters. The number of aryl methyl sites for hydroxylation is 1. The average Bonchev–Trinajstić information content (AvgIpc) is 2.39. The molecule has 0 aliphatic rings. The zero-order chi connectivity index (χ0) is 11.4. The van der Waals surface area contributed by atoms with E-state index in [1.807, 2.05) is 42.7 Å². The highest BCUT2D eigenvalue weighted by atomic mass is 14.9. The van der Waals surface area contributed by atoms with Gasteiger partial charge in [-0.25, -0.2) is 0 Å². The molecule has 78 valence electrons. The minimum atomic E-state index is 0.595. The molecule has 2 aromatic rings. The summed E-state index contributed by atoms with van der Waals surface area (Å²) in [6.45, 7) is 2.09. The highest BCUT2D eigenvalue weighted by Gasteiger charge is 2.15. The molecule has 0 fully saturated rings. The van der Waals surface area contributed by atoms with Gasteiger partial charge in [-0.3, -0.25) is 0 Å². The van der Waals surface area contributed by atoms with Gasteiger partial charge in [0.25, 0.3) is 0 Å². The lowest BCUT2D eigenvalue weighted by Gasteiger charge is -1.99. The fourth-order valence-electron chi connectivity index (χ4n) is 1.73. The molecule has 0 saturated heterocycles. The number of aromatic nitrogens is 1. The Morgan fingerprint density at radius 3 is 2.56 bits per heavy atom. The van der Waals surface area contributed by atoms with E-state index in [-0.39, 0.29) is 0 Å². The van der Waals surface area contributed by atoms with E-state index in [2.05, 4.69) is 16.5 Å². The number of diazo groups is 1. The number of hydrogen-bond acceptors (Lipinski definition) is 1. The molecule has 0 aliphatic heterocycles. The second-order valence-corrected chi connectivity index (χ2v) is 3.55. The van der Waals surface area contributed by atoms with Gasteiger partial charge in [0.15, 0.2) is 17.4 Å². The molecule has 0 aliphatic carbocycles. The molecule has 0 N–H and O–H groups in total. The number of nitrogens with zero attached hydrogens (tertiary/aromatic N) is 3. The molecule has 1 heterocycles. The molecule has 3 nitrogen and oxygen atoms in total. The Balaban J connectivity index is 2.54. The third-order valence-corrected chi connectivity index (χ3v) is 2.55. The van der Waals surface area contributed by atoms with E-state index in [4.69, 9.17) is 5.39 Å². The summed E-state index contributed by atoms with van der Waals surface area (Å²) in [6.07, 6.45) is 4.91. The highest BCUT2D eigenvalue weighted by Crippen LogP contribution is 2.18. The number of rotatable bonds is 2. The van der Waals surface area contributed by atoms with Gasteiger partial charge in [-0.1, -0.05) is 13.0 Å². The van der Waals surface area contributed by atoms with Crippen LogP contribution < -0.4 is 4.57 Å². The lowest BCUT2D eigenvalue weighted by Crippen LogP contribution is -2.30. The van der Waals surface area contributed by atoms with E-state index in [9.17, 15) is 0 Å². The number of hydrogen-bond donors (Lipinski definition) is 0. The minimum Gasteiger partial charge on any atom is -0.167 e. The third kappa shape index (κ3) is 1.91. The SMILES string of the molecule is CCc1cc([N+]#N)ccc1-[n+]1ccccc1. The summed E-state index contributed by atoms with van der Waals surface area (Å²) in [5.74, 6) is 0. The van der Waals surface area contributed by atoms with Crippen LogP contribution in [-0.4, -0.2) is 0 Å². The van der Waals surface area contributed by atoms with Crippen molar-refractivity contribution in [3.8, 4) is 5.69 Å². The summed E-state index contributed by atoms with van der Waals surface area (Å²) in [5.41, 5.74) is 2.87. The van der Waals surface area contributed by atoms with Crippen molar-refractivity contribution in [3.05, 3.63) is 59.3 Å². The molecular formula is C13H13N3+2. The molecule has 0 amide bonds. The van der Waals surface area contributed by atoms with E-state index >= 15 is 0 Å². The van der Waals surface area contributed by atoms with Crippen molar-refractivity contribution in [2.75, 3.05) is 0 Å². The van der Waals surface area contributed by atoms with Gasteiger partial charge in [0.1, 0.15) is 0 Å². The Morgan fingerprint density at radius 1 is 1.19 bits per heavy atom. The van der Waals surface area contributed by atoms with Gasteiger partial charge < -0.3 is 0 Å². The maximum absolute atomic E-state index is 8.74. The van der Waals surface area contributed by atoms with Gasteiger partial charge in [-0.2, -0.15) is 4.57 Å². The van der Waals surface area contributed by atoms with Gasteiger partial charge in [0.2, 0.25) is 11.1 Å². The molecule has 3 heteroatoms. The predicted octanol–water partition coefficient (Wildman–Crippen LogP) is 3.01. The third-order valence-electron chi connectivity index (χ3n) is 2.55. The quantitative estimate of drug-likeness (QED) is 0.555. The van der Waals surface area contributed by atoms with E-state index in [1.54, 1.807) is 6.07 Å². The van der Waals surface area contributed by atoms with Crippen molar-refractivity contribution in [2.24, 2.45) is 0 Å². The summed E-state index contributed by atoms with van der Waals surface area (Å²) < 4.78 is 2.06. The highest BCUT2D eigenvalue weighted by molar-refractivity contribution is 5.51. The second kappa shape index (κ2) is 4.54. The topological polar surface area (TPSA) is 32.0 Å². The second-order valence-electron chi connectivity index (χ2n) is 3.55. The van der Waals surface area contributed by atoms with Crippen LogP contribution in [0.3, 0.4) is 0 Å². The summed E-state index contributed by atoms with van der Waals surface area (Å²) >= 11 is 0. The Labute approximate surface area is 94.6 Å². The Morgan fingerprint density at radius 2 is 1.94 bits per heavy atom. The number of pyridine rings is 1. The summed E-state index contributed by atoms with van der Waals surface area (Å²) in [5, 5.41) is 8.74. The smallest absolute Gasteiger partial charge is 0.167 e. The van der Waals surface area contributed by atoms with E-state index in [0.717, 1.165) is 17.7 Å². The van der Waals surface area contributed by atoms with Gasteiger partial charge in [0, 0.05) is 35.9 Å². The van der Waals surface area contributed by atoms with E-state index < -0.39 is 0 Å². The number of benzene rings is 1. The minimum absolute atomic E-state index is 0.595. The Kier molecular flexibility index (Phi) is 2.93. The van der Waals surface area contributed by atoms with E-state index in [0.29, 0.717) is 5.69 Å². The standard InChI is InChI=1S/C13H13N3/c1-2-11-10-12(15-14)6-7-13(11)16-8-4-3-5-9-16/h3-10H,2H2,1H3/q+2. The fourth-order valence-corrected chi connectivity index (χ4v) is 1.73. The van der Waals surface area contributed by atoms with Crippen LogP contribution in [0.15, 0.2) is 48.8 Å². The predicted molar refractivity (Wildman–Crippen MR) is 62.1 cm³/mol. The van der Waals surface area contributed by atoms with Crippen LogP contribution in [0.2, 0.25) is 0 Å². The van der Waals surface area contributed by atoms with Crippen LogP contribution in [0.25, 0.3) is 10.7 Å². The molecule has 0 spiro atoms. The molecular weight excluding hydrogens is 198 g/mol. The Bertz CT molecular complexity index is 527. The zero-order valence-corrected chi connectivity index (χ0v) is 9.17. The molecule has 1 aromatic carbocycles. The van der Waals surface area contributed by atoms with Gasteiger partial charge >= 0.3 is 5.69 Å². The van der Waals surface area contributed by atoms with Crippen molar-refractivity contribution in [2.45, 2.75) is 13.3 Å². The summed E-state index contributed by atoms with van der Waals surface area (Å²) in [6, 6.07) is 11.6. The Hall–Kier alpha value is -2.21. The van der Waals surface area contributed by atoms with Crippen molar-refractivity contribution < 1.29 is 4.57 Å². The van der Waals surface area contributed by atoms with Crippen molar-refractivity contribution in [3.63, 3.8) is 0 Å². The van der Waals surface area contributed by atoms with Crippen molar-refractivity contribution in [1.82, 2.24) is 0 Å². The molecule has 0 saturated carbocycles. The first-order chi connectivity index (χ1) is 7.85. The van der Waals surface area contributed by atoms with Crippen molar-refractivity contribution in [1.29, 1.82) is 5.39 Å². The monoisotopic (exact) mass is 211 g/mol. The summed E-state index contributed by atoms with van der Waals surface area (Å²) in [4.78, 5) is 3.20. The van der Waals surface area contributed by atoms with Gasteiger partial charge in [-0.05, 0) is 6.42 Å². The lowest BCUT2D eigenvalue weighted by atomic mass is 10.1. The average molecular weight is 211 g/mol. The van der Waals surface area contributed by atoms with Crippen LogP contribution in [-0.2, 0) is 6.42 Å². The van der Waals surface area contributed by atoms with Crippen LogP contribution in [0.5, 0.6) is 0 Å². The molecule has 2 rings (SSSR count). The van der Waals surface area contributed by atoms with Crippen LogP contribution in [0.1, 0.15) is 12.5 Å². The van der Waals surface area contributed by atoms with Crippen molar-refractivity contribution >= 4 is 5.69 Å². The molecule has 0 atom stereocenters. The maximum atomic E-state index is 8.74. The molecule has 16 heavy (non-hydrogen) atoms. The van der Waals surface area contributed by atoms with Gasteiger partial charge in [0.05, 0.1) is 0 Å². The lowest BCUT2D eigenvalue weighted by molar-refractivity contribution is -0.596. The zero-order valence-electron chi connectivity index (χ0n) is 9.17. The van der Waals surface area contributed by atoms with Gasteiger partial charge in [-0.15, -0.1) is 0 Å². The first kappa shape index (κ1) is 10.3. The molecule has 0 radical (unpaired) electrons. The fraction of sp³-hybridized carbons (Fsp3) is 0.154.